The van der Waals surface area contributed by atoms with Crippen LogP contribution in [0.5, 0.6) is 0 Å². The summed E-state index contributed by atoms with van der Waals surface area (Å²) in [5.41, 5.74) is 1.16. The van der Waals surface area contributed by atoms with Gasteiger partial charge < -0.3 is 10.0 Å². The lowest BCUT2D eigenvalue weighted by atomic mass is 9.89. The van der Waals surface area contributed by atoms with E-state index in [0.717, 1.165) is 23.3 Å². The number of aryl methyl sites for hydroxylation is 1. The summed E-state index contributed by atoms with van der Waals surface area (Å²) in [5, 5.41) is 11.2. The van der Waals surface area contributed by atoms with Gasteiger partial charge in [-0.25, -0.2) is 0 Å². The minimum Gasteiger partial charge on any atom is -0.481 e. The molecule has 2 saturated heterocycles. The highest BCUT2D eigenvalue weighted by Gasteiger charge is 2.50. The molecule has 0 saturated carbocycles. The molecule has 1 amide bonds. The molecule has 2 fully saturated rings. The second kappa shape index (κ2) is 5.05. The number of amides is 1. The molecular formula is C15H17NO3S. The summed E-state index contributed by atoms with van der Waals surface area (Å²) in [5.74, 6) is -1.20. The van der Waals surface area contributed by atoms with Crippen LogP contribution in [0.2, 0.25) is 0 Å². The van der Waals surface area contributed by atoms with E-state index in [4.69, 9.17) is 0 Å². The molecule has 3 atom stereocenters. The maximum Gasteiger partial charge on any atom is 0.308 e. The van der Waals surface area contributed by atoms with E-state index < -0.39 is 5.97 Å². The Labute approximate surface area is 121 Å². The molecule has 4 nitrogen and oxygen atoms in total. The van der Waals surface area contributed by atoms with Gasteiger partial charge in [0.25, 0.3) is 0 Å². The molecule has 2 bridgehead atoms. The van der Waals surface area contributed by atoms with Crippen molar-refractivity contribution in [2.24, 2.45) is 5.92 Å². The average molecular weight is 291 g/mol. The molecule has 0 radical (unpaired) electrons. The monoisotopic (exact) mass is 291 g/mol. The van der Waals surface area contributed by atoms with E-state index in [0.29, 0.717) is 6.42 Å². The van der Waals surface area contributed by atoms with Crippen LogP contribution in [-0.2, 0) is 9.59 Å². The van der Waals surface area contributed by atoms with Crippen LogP contribution in [0.4, 0.5) is 0 Å². The topological polar surface area (TPSA) is 57.6 Å². The van der Waals surface area contributed by atoms with E-state index in [-0.39, 0.29) is 23.9 Å². The van der Waals surface area contributed by atoms with E-state index in [1.165, 1.54) is 0 Å². The van der Waals surface area contributed by atoms with Gasteiger partial charge in [0.15, 0.2) is 0 Å². The largest absolute Gasteiger partial charge is 0.481 e. The van der Waals surface area contributed by atoms with E-state index in [1.807, 2.05) is 24.4 Å². The Morgan fingerprint density at radius 1 is 1.45 bits per heavy atom. The highest BCUT2D eigenvalue weighted by molar-refractivity contribution is 7.11. The van der Waals surface area contributed by atoms with Gasteiger partial charge in [-0.05, 0) is 49.3 Å². The SMILES string of the molecule is Cc1ccsc1C=CC(=O)N1C2CCC1C(C(=O)O)C2. The molecule has 3 heterocycles. The van der Waals surface area contributed by atoms with Crippen LogP contribution in [0.25, 0.3) is 6.08 Å². The van der Waals surface area contributed by atoms with Crippen LogP contribution >= 0.6 is 11.3 Å². The second-order valence-corrected chi connectivity index (χ2v) is 6.47. The van der Waals surface area contributed by atoms with Crippen molar-refractivity contribution < 1.29 is 14.7 Å². The van der Waals surface area contributed by atoms with Crippen LogP contribution in [-0.4, -0.2) is 34.0 Å². The minimum atomic E-state index is -0.770. The van der Waals surface area contributed by atoms with Crippen molar-refractivity contribution in [3.63, 3.8) is 0 Å². The van der Waals surface area contributed by atoms with Gasteiger partial charge in [0.05, 0.1) is 5.92 Å². The summed E-state index contributed by atoms with van der Waals surface area (Å²) < 4.78 is 0. The van der Waals surface area contributed by atoms with Crippen molar-refractivity contribution in [2.45, 2.75) is 38.3 Å². The first-order valence-corrected chi connectivity index (χ1v) is 7.73. The number of carboxylic acids is 1. The van der Waals surface area contributed by atoms with Crippen LogP contribution < -0.4 is 0 Å². The van der Waals surface area contributed by atoms with Gasteiger partial charge >= 0.3 is 5.97 Å². The van der Waals surface area contributed by atoms with Gasteiger partial charge in [0.1, 0.15) is 0 Å². The van der Waals surface area contributed by atoms with Crippen molar-refractivity contribution in [2.75, 3.05) is 0 Å². The summed E-state index contributed by atoms with van der Waals surface area (Å²) in [4.78, 5) is 26.4. The smallest absolute Gasteiger partial charge is 0.308 e. The van der Waals surface area contributed by atoms with E-state index in [1.54, 1.807) is 22.3 Å². The number of fused-ring (bicyclic) bond motifs is 2. The van der Waals surface area contributed by atoms with Crippen LogP contribution in [0.15, 0.2) is 17.5 Å². The van der Waals surface area contributed by atoms with Crippen LogP contribution in [0.1, 0.15) is 29.7 Å². The van der Waals surface area contributed by atoms with Crippen LogP contribution in [0.3, 0.4) is 0 Å². The summed E-state index contributed by atoms with van der Waals surface area (Å²) in [7, 11) is 0. The predicted octanol–water partition coefficient (Wildman–Crippen LogP) is 2.53. The molecule has 106 valence electrons. The molecule has 3 rings (SSSR count). The number of hydrogen-bond donors (Lipinski definition) is 1. The third-order valence-corrected chi connectivity index (χ3v) is 5.37. The highest BCUT2D eigenvalue weighted by Crippen LogP contribution is 2.42. The lowest BCUT2D eigenvalue weighted by Gasteiger charge is -2.21. The van der Waals surface area contributed by atoms with Crippen LogP contribution in [0, 0.1) is 12.8 Å². The fraction of sp³-hybridized carbons (Fsp3) is 0.467. The van der Waals surface area contributed by atoms with Gasteiger partial charge in [0.2, 0.25) is 5.91 Å². The van der Waals surface area contributed by atoms with Crippen molar-refractivity contribution in [1.82, 2.24) is 4.90 Å². The number of rotatable bonds is 3. The number of aliphatic carboxylic acids is 1. The highest BCUT2D eigenvalue weighted by atomic mass is 32.1. The fourth-order valence-electron chi connectivity index (χ4n) is 3.39. The molecule has 0 aliphatic carbocycles. The summed E-state index contributed by atoms with van der Waals surface area (Å²) >= 11 is 1.61. The zero-order valence-electron chi connectivity index (χ0n) is 11.3. The normalized spacial score (nSPS) is 28.4. The van der Waals surface area contributed by atoms with Gasteiger partial charge in [-0.3, -0.25) is 9.59 Å². The fourth-order valence-corrected chi connectivity index (χ4v) is 4.21. The zero-order chi connectivity index (χ0) is 14.3. The second-order valence-electron chi connectivity index (χ2n) is 5.53. The van der Waals surface area contributed by atoms with Crippen molar-refractivity contribution in [1.29, 1.82) is 0 Å². The Bertz CT molecular complexity index is 577. The Kier molecular flexibility index (Phi) is 3.38. The standard InChI is InChI=1S/C15H17NO3S/c1-9-6-7-20-13(9)4-5-14(17)16-10-2-3-12(16)11(8-10)15(18)19/h4-7,10-12H,2-3,8H2,1H3,(H,18,19). The molecule has 1 N–H and O–H groups in total. The van der Waals surface area contributed by atoms with E-state index in [9.17, 15) is 14.7 Å². The number of carbonyl (C=O) groups is 2. The quantitative estimate of drug-likeness (QED) is 0.871. The molecule has 5 heteroatoms. The molecule has 20 heavy (non-hydrogen) atoms. The van der Waals surface area contributed by atoms with E-state index in [2.05, 4.69) is 0 Å². The summed E-state index contributed by atoms with van der Waals surface area (Å²) in [6, 6.07) is 2.02. The number of thiophene rings is 1. The average Bonchev–Trinajstić information content (AvgIpc) is 3.09. The zero-order valence-corrected chi connectivity index (χ0v) is 12.1. The summed E-state index contributed by atoms with van der Waals surface area (Å²) in [6.07, 6.45) is 5.80. The van der Waals surface area contributed by atoms with Crippen molar-refractivity contribution >= 4 is 29.3 Å². The third kappa shape index (κ3) is 2.16. The van der Waals surface area contributed by atoms with Gasteiger partial charge in [-0.15, -0.1) is 11.3 Å². The molecular weight excluding hydrogens is 274 g/mol. The van der Waals surface area contributed by atoms with Gasteiger partial charge in [-0.1, -0.05) is 0 Å². The Balaban J connectivity index is 1.74. The van der Waals surface area contributed by atoms with Crippen molar-refractivity contribution in [3.05, 3.63) is 28.0 Å². The molecule has 3 unspecified atom stereocenters. The minimum absolute atomic E-state index is 0.0472. The Hall–Kier alpha value is -1.62. The third-order valence-electron chi connectivity index (χ3n) is 4.39. The molecule has 0 spiro atoms. The Morgan fingerprint density at radius 2 is 2.25 bits per heavy atom. The molecule has 0 aromatic carbocycles. The number of hydrogen-bond acceptors (Lipinski definition) is 3. The lowest BCUT2D eigenvalue weighted by molar-refractivity contribution is -0.143. The first-order valence-electron chi connectivity index (χ1n) is 6.85. The number of nitrogens with zero attached hydrogens (tertiary/aromatic N) is 1. The first-order chi connectivity index (χ1) is 9.58. The number of carbonyl (C=O) groups excluding carboxylic acids is 1. The molecule has 1 aromatic heterocycles. The predicted molar refractivity (Wildman–Crippen MR) is 77.5 cm³/mol. The first kappa shape index (κ1) is 13.4. The van der Waals surface area contributed by atoms with Crippen molar-refractivity contribution in [3.8, 4) is 0 Å². The molecule has 1 aromatic rings. The number of carboxylic acid groups (broad SMARTS) is 1. The van der Waals surface area contributed by atoms with Gasteiger partial charge in [-0.2, -0.15) is 0 Å². The lowest BCUT2D eigenvalue weighted by Crippen LogP contribution is -2.36. The van der Waals surface area contributed by atoms with Gasteiger partial charge in [0, 0.05) is 23.0 Å². The molecule has 2 aliphatic heterocycles. The van der Waals surface area contributed by atoms with E-state index >= 15 is 0 Å². The maximum absolute atomic E-state index is 12.3. The Morgan fingerprint density at radius 3 is 2.85 bits per heavy atom. The summed E-state index contributed by atoms with van der Waals surface area (Å²) in [6.45, 7) is 2.01. The molecule has 2 aliphatic rings. The maximum atomic E-state index is 12.3.